The molecule has 0 atom stereocenters. The van der Waals surface area contributed by atoms with Crippen molar-refractivity contribution in [3.05, 3.63) is 42.1 Å². The first kappa shape index (κ1) is 10.2. The molecule has 0 saturated carbocycles. The van der Waals surface area contributed by atoms with Crippen molar-refractivity contribution in [2.24, 2.45) is 0 Å². The molecule has 1 aromatic carbocycles. The maximum Gasteiger partial charge on any atom is 0.0406 e. The van der Waals surface area contributed by atoms with Crippen molar-refractivity contribution in [1.29, 1.82) is 0 Å². The Labute approximate surface area is 91.8 Å². The first-order valence-corrected chi connectivity index (χ1v) is 5.44. The lowest BCUT2D eigenvalue weighted by Crippen LogP contribution is -2.27. The van der Waals surface area contributed by atoms with E-state index in [1.165, 1.54) is 11.3 Å². The van der Waals surface area contributed by atoms with Crippen LogP contribution in [0.2, 0.25) is 0 Å². The number of nitrogens with zero attached hydrogens (tertiary/aromatic N) is 2. The fraction of sp³-hybridized carbons (Fsp3) is 0.385. The average molecular weight is 202 g/mol. The summed E-state index contributed by atoms with van der Waals surface area (Å²) in [4.78, 5) is 4.63. The highest BCUT2D eigenvalue weighted by molar-refractivity contribution is 5.50. The molecule has 0 bridgehead atoms. The van der Waals surface area contributed by atoms with E-state index in [2.05, 4.69) is 60.3 Å². The minimum atomic E-state index is 1.04. The van der Waals surface area contributed by atoms with E-state index in [0.29, 0.717) is 0 Å². The van der Waals surface area contributed by atoms with Crippen LogP contribution in [0.5, 0.6) is 0 Å². The standard InChI is InChI=1S/C13H18N2/c1-12-4-6-13(7-5-12)15-9-3-8-14(2)10-11-15/h3-7,9H,8,10-11H2,1-2H3. The van der Waals surface area contributed by atoms with Crippen molar-refractivity contribution in [2.45, 2.75) is 6.92 Å². The number of likely N-dealkylation sites (N-methyl/N-ethyl adjacent to an activating group) is 1. The van der Waals surface area contributed by atoms with Crippen LogP contribution >= 0.6 is 0 Å². The third-order valence-electron chi connectivity index (χ3n) is 2.79. The van der Waals surface area contributed by atoms with Crippen molar-refractivity contribution in [3.63, 3.8) is 0 Å². The maximum absolute atomic E-state index is 2.32. The number of rotatable bonds is 1. The number of aryl methyl sites for hydroxylation is 1. The van der Waals surface area contributed by atoms with E-state index in [9.17, 15) is 0 Å². The molecule has 15 heavy (non-hydrogen) atoms. The third-order valence-corrected chi connectivity index (χ3v) is 2.79. The molecule has 0 unspecified atom stereocenters. The van der Waals surface area contributed by atoms with Crippen LogP contribution in [-0.2, 0) is 0 Å². The van der Waals surface area contributed by atoms with Crippen LogP contribution < -0.4 is 4.90 Å². The number of benzene rings is 1. The van der Waals surface area contributed by atoms with Crippen molar-refractivity contribution in [2.75, 3.05) is 31.6 Å². The van der Waals surface area contributed by atoms with Crippen molar-refractivity contribution >= 4 is 5.69 Å². The fourth-order valence-electron chi connectivity index (χ4n) is 1.75. The summed E-state index contributed by atoms with van der Waals surface area (Å²) in [5.41, 5.74) is 2.60. The quantitative estimate of drug-likeness (QED) is 0.689. The van der Waals surface area contributed by atoms with E-state index < -0.39 is 0 Å². The average Bonchev–Trinajstić information content (AvgIpc) is 2.44. The van der Waals surface area contributed by atoms with Gasteiger partial charge in [0.25, 0.3) is 0 Å². The van der Waals surface area contributed by atoms with Crippen LogP contribution in [0.1, 0.15) is 5.56 Å². The Balaban J connectivity index is 2.13. The van der Waals surface area contributed by atoms with Crippen molar-refractivity contribution in [3.8, 4) is 0 Å². The molecule has 2 nitrogen and oxygen atoms in total. The second kappa shape index (κ2) is 4.49. The molecule has 1 aromatic rings. The van der Waals surface area contributed by atoms with Gasteiger partial charge in [0.2, 0.25) is 0 Å². The summed E-state index contributed by atoms with van der Waals surface area (Å²) in [5, 5.41) is 0. The molecule has 80 valence electrons. The van der Waals surface area contributed by atoms with Gasteiger partial charge in [-0.3, -0.25) is 0 Å². The zero-order chi connectivity index (χ0) is 10.7. The monoisotopic (exact) mass is 202 g/mol. The summed E-state index contributed by atoms with van der Waals surface area (Å²) >= 11 is 0. The Bertz CT molecular complexity index is 340. The summed E-state index contributed by atoms with van der Waals surface area (Å²) in [7, 11) is 2.16. The van der Waals surface area contributed by atoms with Gasteiger partial charge in [-0.05, 0) is 26.1 Å². The lowest BCUT2D eigenvalue weighted by Gasteiger charge is -2.20. The highest BCUT2D eigenvalue weighted by atomic mass is 15.2. The van der Waals surface area contributed by atoms with Gasteiger partial charge in [-0.25, -0.2) is 0 Å². The smallest absolute Gasteiger partial charge is 0.0406 e. The van der Waals surface area contributed by atoms with Crippen LogP contribution in [0.15, 0.2) is 36.5 Å². The molecule has 2 heteroatoms. The predicted octanol–water partition coefficient (Wildman–Crippen LogP) is 2.26. The van der Waals surface area contributed by atoms with Gasteiger partial charge in [0.05, 0.1) is 0 Å². The van der Waals surface area contributed by atoms with Gasteiger partial charge in [-0.15, -0.1) is 0 Å². The third kappa shape index (κ3) is 2.60. The lowest BCUT2D eigenvalue weighted by molar-refractivity contribution is 0.386. The minimum absolute atomic E-state index is 1.04. The Morgan fingerprint density at radius 2 is 1.80 bits per heavy atom. The normalized spacial score (nSPS) is 17.9. The Kier molecular flexibility index (Phi) is 3.07. The highest BCUT2D eigenvalue weighted by Gasteiger charge is 2.07. The van der Waals surface area contributed by atoms with Gasteiger partial charge in [0.1, 0.15) is 0 Å². The Hall–Kier alpha value is -1.28. The van der Waals surface area contributed by atoms with E-state index >= 15 is 0 Å². The van der Waals surface area contributed by atoms with Crippen molar-refractivity contribution in [1.82, 2.24) is 4.90 Å². The van der Waals surface area contributed by atoms with E-state index in [-0.39, 0.29) is 0 Å². The number of anilines is 1. The molecule has 0 amide bonds. The summed E-state index contributed by atoms with van der Waals surface area (Å²) in [6.07, 6.45) is 4.40. The molecule has 0 N–H and O–H groups in total. The van der Waals surface area contributed by atoms with Gasteiger partial charge in [-0.1, -0.05) is 23.8 Å². The fourth-order valence-corrected chi connectivity index (χ4v) is 1.75. The highest BCUT2D eigenvalue weighted by Crippen LogP contribution is 2.16. The predicted molar refractivity (Wildman–Crippen MR) is 65.2 cm³/mol. The zero-order valence-electron chi connectivity index (χ0n) is 9.48. The molecule has 0 radical (unpaired) electrons. The number of hydrogen-bond donors (Lipinski definition) is 0. The molecule has 0 aromatic heterocycles. The molecule has 1 aliphatic rings. The number of hydrogen-bond acceptors (Lipinski definition) is 2. The largest absolute Gasteiger partial charge is 0.347 e. The van der Waals surface area contributed by atoms with Gasteiger partial charge in [-0.2, -0.15) is 0 Å². The summed E-state index contributed by atoms with van der Waals surface area (Å²) < 4.78 is 0. The molecule has 2 rings (SSSR count). The van der Waals surface area contributed by atoms with Crippen LogP contribution in [0, 0.1) is 6.92 Å². The lowest BCUT2D eigenvalue weighted by atomic mass is 10.2. The van der Waals surface area contributed by atoms with Crippen LogP contribution in [0.4, 0.5) is 5.69 Å². The molecule has 0 fully saturated rings. The topological polar surface area (TPSA) is 6.48 Å². The molecule has 0 aliphatic carbocycles. The summed E-state index contributed by atoms with van der Waals surface area (Å²) in [6.45, 7) is 5.34. The second-order valence-corrected chi connectivity index (χ2v) is 4.18. The van der Waals surface area contributed by atoms with Crippen LogP contribution in [-0.4, -0.2) is 31.6 Å². The van der Waals surface area contributed by atoms with Crippen LogP contribution in [0.25, 0.3) is 0 Å². The second-order valence-electron chi connectivity index (χ2n) is 4.18. The molecular weight excluding hydrogens is 184 g/mol. The Morgan fingerprint density at radius 1 is 1.07 bits per heavy atom. The summed E-state index contributed by atoms with van der Waals surface area (Å²) in [6, 6.07) is 8.70. The van der Waals surface area contributed by atoms with Gasteiger partial charge < -0.3 is 9.80 Å². The molecule has 0 spiro atoms. The first-order chi connectivity index (χ1) is 7.25. The molecular formula is C13H18N2. The van der Waals surface area contributed by atoms with Crippen molar-refractivity contribution < 1.29 is 0 Å². The Morgan fingerprint density at radius 3 is 2.53 bits per heavy atom. The molecule has 1 heterocycles. The van der Waals surface area contributed by atoms with Gasteiger partial charge in [0.15, 0.2) is 0 Å². The minimum Gasteiger partial charge on any atom is -0.347 e. The van der Waals surface area contributed by atoms with Gasteiger partial charge >= 0.3 is 0 Å². The van der Waals surface area contributed by atoms with E-state index in [1.807, 2.05) is 0 Å². The zero-order valence-corrected chi connectivity index (χ0v) is 9.48. The molecule has 1 aliphatic heterocycles. The van der Waals surface area contributed by atoms with Gasteiger partial charge in [0, 0.05) is 31.5 Å². The van der Waals surface area contributed by atoms with Crippen LogP contribution in [0.3, 0.4) is 0 Å². The van der Waals surface area contributed by atoms with E-state index in [0.717, 1.165) is 19.6 Å². The molecule has 0 saturated heterocycles. The summed E-state index contributed by atoms with van der Waals surface area (Å²) in [5.74, 6) is 0. The maximum atomic E-state index is 2.32. The first-order valence-electron chi connectivity index (χ1n) is 5.44. The van der Waals surface area contributed by atoms with E-state index in [4.69, 9.17) is 0 Å². The SMILES string of the molecule is Cc1ccc(N2C=CCN(C)CC2)cc1. The van der Waals surface area contributed by atoms with E-state index in [1.54, 1.807) is 0 Å².